The fraction of sp³-hybridized carbons (Fsp3) is 0.174. The van der Waals surface area contributed by atoms with Gasteiger partial charge in [-0.1, -0.05) is 42.1 Å². The third-order valence-electron chi connectivity index (χ3n) is 4.77. The smallest absolute Gasteiger partial charge is 0.175 e. The number of ketones is 1. The minimum absolute atomic E-state index is 0.0562. The largest absolute Gasteiger partial charge is 0.346 e. The van der Waals surface area contributed by atoms with Gasteiger partial charge in [0.25, 0.3) is 0 Å². The number of hydrogen-bond donors (Lipinski definition) is 0. The van der Waals surface area contributed by atoms with Crippen molar-refractivity contribution in [3.63, 3.8) is 0 Å². The summed E-state index contributed by atoms with van der Waals surface area (Å²) in [4.78, 5) is 17.4. The molecule has 0 aliphatic heterocycles. The second kappa shape index (κ2) is 8.38. The summed E-state index contributed by atoms with van der Waals surface area (Å²) in [6, 6.07) is 18.2. The van der Waals surface area contributed by atoms with E-state index in [2.05, 4.69) is 30.1 Å². The van der Waals surface area contributed by atoms with E-state index in [-0.39, 0.29) is 5.78 Å². The van der Waals surface area contributed by atoms with Crippen LogP contribution in [0.25, 0.3) is 16.6 Å². The Labute approximate surface area is 173 Å². The van der Waals surface area contributed by atoms with Gasteiger partial charge in [0, 0.05) is 47.3 Å². The van der Waals surface area contributed by atoms with Crippen molar-refractivity contribution in [1.82, 2.24) is 14.1 Å². The minimum atomic E-state index is 0.0562. The van der Waals surface area contributed by atoms with Gasteiger partial charge in [-0.3, -0.25) is 9.36 Å². The summed E-state index contributed by atoms with van der Waals surface area (Å²) in [5, 5.41) is 10.6. The number of hydrogen-bond acceptors (Lipinski definition) is 4. The third-order valence-corrected chi connectivity index (χ3v) is 5.74. The van der Waals surface area contributed by atoms with Gasteiger partial charge in [0.1, 0.15) is 0 Å². The topological polar surface area (TPSA) is 63.6 Å². The number of Topliss-reactive ketones (excluding diaryl/α,β-unsaturated/α-hetero) is 1. The Kier molecular flexibility index (Phi) is 5.50. The van der Waals surface area contributed by atoms with Crippen LogP contribution >= 0.6 is 11.8 Å². The number of rotatable bonds is 7. The fourth-order valence-electron chi connectivity index (χ4n) is 3.40. The molecule has 0 fully saturated rings. The first-order valence-corrected chi connectivity index (χ1v) is 10.4. The van der Waals surface area contributed by atoms with Crippen LogP contribution in [-0.4, -0.2) is 25.7 Å². The average Bonchev–Trinajstić information content (AvgIpc) is 3.35. The highest BCUT2D eigenvalue weighted by molar-refractivity contribution is 7.99. The summed E-state index contributed by atoms with van der Waals surface area (Å²) >= 11 is 1.43. The minimum Gasteiger partial charge on any atom is -0.346 e. The van der Waals surface area contributed by atoms with E-state index in [4.69, 9.17) is 5.26 Å². The molecule has 0 unspecified atom stereocenters. The van der Waals surface area contributed by atoms with Crippen molar-refractivity contribution in [2.75, 3.05) is 5.75 Å². The van der Waals surface area contributed by atoms with Gasteiger partial charge in [-0.2, -0.15) is 5.26 Å². The van der Waals surface area contributed by atoms with Crippen LogP contribution in [0.5, 0.6) is 0 Å². The van der Waals surface area contributed by atoms with E-state index in [1.807, 2.05) is 57.9 Å². The molecule has 4 aromatic rings. The van der Waals surface area contributed by atoms with Gasteiger partial charge in [0.2, 0.25) is 0 Å². The zero-order valence-corrected chi connectivity index (χ0v) is 16.9. The van der Waals surface area contributed by atoms with E-state index < -0.39 is 0 Å². The van der Waals surface area contributed by atoms with Crippen LogP contribution < -0.4 is 0 Å². The molecule has 0 spiro atoms. The number of nitrogens with zero attached hydrogens (tertiary/aromatic N) is 4. The van der Waals surface area contributed by atoms with Crippen molar-refractivity contribution < 1.29 is 4.79 Å². The van der Waals surface area contributed by atoms with E-state index in [0.717, 1.165) is 21.7 Å². The number of nitriles is 1. The van der Waals surface area contributed by atoms with E-state index in [9.17, 15) is 4.79 Å². The van der Waals surface area contributed by atoms with Gasteiger partial charge < -0.3 is 4.57 Å². The monoisotopic (exact) mass is 400 g/mol. The molecule has 4 rings (SSSR count). The van der Waals surface area contributed by atoms with Crippen molar-refractivity contribution in [1.29, 1.82) is 5.26 Å². The lowest BCUT2D eigenvalue weighted by Crippen LogP contribution is -2.04. The lowest BCUT2D eigenvalue weighted by molar-refractivity contribution is 0.102. The lowest BCUT2D eigenvalue weighted by Gasteiger charge is -2.08. The summed E-state index contributed by atoms with van der Waals surface area (Å²) in [5.41, 5.74) is 3.89. The zero-order valence-electron chi connectivity index (χ0n) is 16.1. The SMILES string of the molecule is Cc1cccc(-n2ccnc2SCC(=O)c2cn(CCC#N)c3ccccc23)c1. The lowest BCUT2D eigenvalue weighted by atomic mass is 10.1. The van der Waals surface area contributed by atoms with Crippen molar-refractivity contribution in [3.8, 4) is 11.8 Å². The van der Waals surface area contributed by atoms with Gasteiger partial charge >= 0.3 is 0 Å². The average molecular weight is 401 g/mol. The third kappa shape index (κ3) is 3.96. The number of carbonyl (C=O) groups excluding carboxylic acids is 1. The van der Waals surface area contributed by atoms with Crippen LogP contribution in [-0.2, 0) is 6.54 Å². The first kappa shape index (κ1) is 19.0. The zero-order chi connectivity index (χ0) is 20.2. The Morgan fingerprint density at radius 1 is 1.21 bits per heavy atom. The predicted octanol–water partition coefficient (Wildman–Crippen LogP) is 5.02. The first-order valence-electron chi connectivity index (χ1n) is 9.38. The number of benzene rings is 2. The van der Waals surface area contributed by atoms with Crippen LogP contribution in [0, 0.1) is 18.3 Å². The number of imidazole rings is 1. The standard InChI is InChI=1S/C23H20N4OS/c1-17-6-4-7-18(14-17)27-13-11-25-23(27)29-16-22(28)20-15-26(12-5-10-24)21-9-3-2-8-19(20)21/h2-4,6-9,11,13-15H,5,12,16H2,1H3. The Bertz CT molecular complexity index is 1220. The summed E-state index contributed by atoms with van der Waals surface area (Å²) in [6.45, 7) is 2.63. The highest BCUT2D eigenvalue weighted by Gasteiger charge is 2.16. The molecule has 0 N–H and O–H groups in total. The molecule has 2 heterocycles. The van der Waals surface area contributed by atoms with Gasteiger partial charge in [0.05, 0.1) is 18.2 Å². The Morgan fingerprint density at radius 3 is 2.90 bits per heavy atom. The van der Waals surface area contributed by atoms with Crippen LogP contribution in [0.1, 0.15) is 22.3 Å². The molecule has 0 aliphatic carbocycles. The molecule has 6 heteroatoms. The molecule has 2 aromatic carbocycles. The Hall–Kier alpha value is -3.30. The van der Waals surface area contributed by atoms with Gasteiger partial charge in [-0.05, 0) is 30.7 Å². The van der Waals surface area contributed by atoms with E-state index in [1.54, 1.807) is 6.20 Å². The van der Waals surface area contributed by atoms with Crippen LogP contribution in [0.3, 0.4) is 0 Å². The molecular weight excluding hydrogens is 380 g/mol. The summed E-state index contributed by atoms with van der Waals surface area (Å²) in [7, 11) is 0. The van der Waals surface area contributed by atoms with Gasteiger partial charge in [-0.15, -0.1) is 0 Å². The van der Waals surface area contributed by atoms with Crippen molar-refractivity contribution >= 4 is 28.4 Å². The van der Waals surface area contributed by atoms with Crippen molar-refractivity contribution in [2.45, 2.75) is 25.0 Å². The number of aromatic nitrogens is 3. The molecule has 0 atom stereocenters. The number of para-hydroxylation sites is 1. The first-order chi connectivity index (χ1) is 14.2. The Morgan fingerprint density at radius 2 is 2.07 bits per heavy atom. The molecule has 0 aliphatic rings. The van der Waals surface area contributed by atoms with Crippen LogP contribution in [0.15, 0.2) is 72.3 Å². The molecule has 0 amide bonds. The van der Waals surface area contributed by atoms with Gasteiger partial charge in [-0.25, -0.2) is 4.98 Å². The number of fused-ring (bicyclic) bond motifs is 1. The van der Waals surface area contributed by atoms with Crippen molar-refractivity contribution in [2.24, 2.45) is 0 Å². The second-order valence-electron chi connectivity index (χ2n) is 6.79. The maximum absolute atomic E-state index is 13.0. The molecule has 144 valence electrons. The number of carbonyl (C=O) groups is 1. The Balaban J connectivity index is 1.56. The van der Waals surface area contributed by atoms with Crippen molar-refractivity contribution in [3.05, 3.63) is 78.2 Å². The molecule has 0 bridgehead atoms. The van der Waals surface area contributed by atoms with E-state index in [0.29, 0.717) is 24.3 Å². The second-order valence-corrected chi connectivity index (χ2v) is 7.73. The summed E-state index contributed by atoms with van der Waals surface area (Å²) in [6.07, 6.45) is 5.95. The summed E-state index contributed by atoms with van der Waals surface area (Å²) < 4.78 is 3.99. The normalized spacial score (nSPS) is 10.9. The highest BCUT2D eigenvalue weighted by atomic mass is 32.2. The summed E-state index contributed by atoms with van der Waals surface area (Å²) in [5.74, 6) is 0.357. The van der Waals surface area contributed by atoms with Crippen LogP contribution in [0.4, 0.5) is 0 Å². The van der Waals surface area contributed by atoms with E-state index in [1.165, 1.54) is 17.3 Å². The number of aryl methyl sites for hydroxylation is 2. The molecule has 29 heavy (non-hydrogen) atoms. The molecule has 0 saturated carbocycles. The maximum Gasteiger partial charge on any atom is 0.175 e. The molecule has 5 nitrogen and oxygen atoms in total. The van der Waals surface area contributed by atoms with E-state index >= 15 is 0 Å². The maximum atomic E-state index is 13.0. The fourth-order valence-corrected chi connectivity index (χ4v) is 4.26. The molecule has 2 aromatic heterocycles. The van der Waals surface area contributed by atoms with Crippen LogP contribution in [0.2, 0.25) is 0 Å². The highest BCUT2D eigenvalue weighted by Crippen LogP contribution is 2.26. The molecular formula is C23H20N4OS. The molecule has 0 radical (unpaired) electrons. The quantitative estimate of drug-likeness (QED) is 0.323. The number of thioether (sulfide) groups is 1. The predicted molar refractivity (Wildman–Crippen MR) is 116 cm³/mol. The van der Waals surface area contributed by atoms with Gasteiger partial charge in [0.15, 0.2) is 10.9 Å². The molecule has 0 saturated heterocycles.